The number of anilines is 1. The van der Waals surface area contributed by atoms with Crippen LogP contribution in [0.2, 0.25) is 0 Å². The number of nitrogens with one attached hydrogen (secondary N) is 1. The molecule has 0 bridgehead atoms. The average molecular weight is 263 g/mol. The molecule has 0 radical (unpaired) electrons. The van der Waals surface area contributed by atoms with Gasteiger partial charge >= 0.3 is 0 Å². The van der Waals surface area contributed by atoms with Crippen LogP contribution in [0.4, 0.5) is 5.69 Å². The largest absolute Gasteiger partial charge is 0.497 e. The topological polar surface area (TPSA) is 44.8 Å². The number of methoxy groups -OCH3 is 1. The number of likely N-dealkylation sites (N-methyl/N-ethyl adjacent to an activating group) is 2. The standard InChI is InChI=1S/C14H21N3O2/c1-15-8-12-9-17(14(18)10-16(12)2)11-4-6-13(19-3)7-5-11/h4-7,12,15H,8-10H2,1-3H3. The Balaban J connectivity index is 2.14. The maximum atomic E-state index is 12.1. The highest BCUT2D eigenvalue weighted by Crippen LogP contribution is 2.22. The summed E-state index contributed by atoms with van der Waals surface area (Å²) in [5, 5.41) is 3.17. The summed E-state index contributed by atoms with van der Waals surface area (Å²) in [7, 11) is 5.56. The van der Waals surface area contributed by atoms with Crippen molar-refractivity contribution in [1.29, 1.82) is 0 Å². The summed E-state index contributed by atoms with van der Waals surface area (Å²) in [5.74, 6) is 0.942. The molecule has 1 aliphatic heterocycles. The number of hydrogen-bond donors (Lipinski definition) is 1. The minimum absolute atomic E-state index is 0.139. The van der Waals surface area contributed by atoms with Crippen molar-refractivity contribution in [2.75, 3.05) is 45.7 Å². The number of rotatable bonds is 4. The molecular weight excluding hydrogens is 242 g/mol. The number of ether oxygens (including phenoxy) is 1. The Kier molecular flexibility index (Phi) is 4.39. The molecule has 1 aliphatic rings. The quantitative estimate of drug-likeness (QED) is 0.862. The highest BCUT2D eigenvalue weighted by Gasteiger charge is 2.30. The molecule has 0 aromatic heterocycles. The molecule has 1 aromatic carbocycles. The molecule has 5 nitrogen and oxygen atoms in total. The van der Waals surface area contributed by atoms with Gasteiger partial charge in [0.2, 0.25) is 5.91 Å². The van der Waals surface area contributed by atoms with Gasteiger partial charge in [0.25, 0.3) is 0 Å². The van der Waals surface area contributed by atoms with Gasteiger partial charge in [0, 0.05) is 24.8 Å². The molecule has 0 spiro atoms. The number of benzene rings is 1. The van der Waals surface area contributed by atoms with E-state index in [1.165, 1.54) is 0 Å². The van der Waals surface area contributed by atoms with Gasteiger partial charge in [-0.1, -0.05) is 0 Å². The summed E-state index contributed by atoms with van der Waals surface area (Å²) in [6.45, 7) is 2.04. The minimum Gasteiger partial charge on any atom is -0.497 e. The molecule has 1 aromatic rings. The van der Waals surface area contributed by atoms with Gasteiger partial charge in [0.1, 0.15) is 5.75 Å². The maximum Gasteiger partial charge on any atom is 0.241 e. The van der Waals surface area contributed by atoms with Crippen LogP contribution < -0.4 is 15.0 Å². The fourth-order valence-electron chi connectivity index (χ4n) is 2.35. The predicted octanol–water partition coefficient (Wildman–Crippen LogP) is 0.562. The molecule has 1 saturated heterocycles. The second-order valence-corrected chi connectivity index (χ2v) is 4.83. The molecule has 19 heavy (non-hydrogen) atoms. The number of hydrogen-bond acceptors (Lipinski definition) is 4. The Morgan fingerprint density at radius 2 is 2.05 bits per heavy atom. The fraction of sp³-hybridized carbons (Fsp3) is 0.500. The smallest absolute Gasteiger partial charge is 0.241 e. The third-order valence-corrected chi connectivity index (χ3v) is 3.53. The molecule has 2 rings (SSSR count). The summed E-state index contributed by atoms with van der Waals surface area (Å²) in [4.78, 5) is 16.1. The Morgan fingerprint density at radius 1 is 1.37 bits per heavy atom. The number of nitrogens with zero attached hydrogens (tertiary/aromatic N) is 2. The van der Waals surface area contributed by atoms with Crippen LogP contribution in [0, 0.1) is 0 Å². The number of carbonyl (C=O) groups excluding carboxylic acids is 1. The monoisotopic (exact) mass is 263 g/mol. The van der Waals surface area contributed by atoms with E-state index in [0.717, 1.165) is 18.0 Å². The van der Waals surface area contributed by atoms with E-state index in [0.29, 0.717) is 19.1 Å². The lowest BCUT2D eigenvalue weighted by Crippen LogP contribution is -2.57. The number of carbonyl (C=O) groups is 1. The van der Waals surface area contributed by atoms with Crippen molar-refractivity contribution >= 4 is 11.6 Å². The molecule has 1 unspecified atom stereocenters. The zero-order chi connectivity index (χ0) is 13.8. The van der Waals surface area contributed by atoms with E-state index in [-0.39, 0.29) is 5.91 Å². The molecule has 1 fully saturated rings. The van der Waals surface area contributed by atoms with E-state index >= 15 is 0 Å². The van der Waals surface area contributed by atoms with E-state index in [9.17, 15) is 4.79 Å². The van der Waals surface area contributed by atoms with Gasteiger partial charge in [-0.15, -0.1) is 0 Å². The van der Waals surface area contributed by atoms with Crippen molar-refractivity contribution in [1.82, 2.24) is 10.2 Å². The van der Waals surface area contributed by atoms with Gasteiger partial charge in [0.05, 0.1) is 13.7 Å². The fourth-order valence-corrected chi connectivity index (χ4v) is 2.35. The average Bonchev–Trinajstić information content (AvgIpc) is 2.42. The molecular formula is C14H21N3O2. The summed E-state index contributed by atoms with van der Waals surface area (Å²) in [6.07, 6.45) is 0. The molecule has 1 heterocycles. The van der Waals surface area contributed by atoms with Gasteiger partial charge in [0.15, 0.2) is 0 Å². The third kappa shape index (κ3) is 3.05. The second kappa shape index (κ2) is 6.04. The summed E-state index contributed by atoms with van der Waals surface area (Å²) in [5.41, 5.74) is 0.931. The van der Waals surface area contributed by atoms with Gasteiger partial charge in [-0.05, 0) is 38.4 Å². The predicted molar refractivity (Wildman–Crippen MR) is 75.7 cm³/mol. The van der Waals surface area contributed by atoms with Crippen LogP contribution in [-0.2, 0) is 4.79 Å². The van der Waals surface area contributed by atoms with E-state index < -0.39 is 0 Å². The van der Waals surface area contributed by atoms with Crippen LogP contribution >= 0.6 is 0 Å². The van der Waals surface area contributed by atoms with Crippen LogP contribution in [0.15, 0.2) is 24.3 Å². The summed E-state index contributed by atoms with van der Waals surface area (Å²) < 4.78 is 5.14. The van der Waals surface area contributed by atoms with E-state index in [2.05, 4.69) is 10.2 Å². The van der Waals surface area contributed by atoms with Crippen LogP contribution in [0.3, 0.4) is 0 Å². The van der Waals surface area contributed by atoms with Crippen LogP contribution in [0.25, 0.3) is 0 Å². The molecule has 0 aliphatic carbocycles. The van der Waals surface area contributed by atoms with Crippen LogP contribution in [0.1, 0.15) is 0 Å². The zero-order valence-corrected chi connectivity index (χ0v) is 11.7. The lowest BCUT2D eigenvalue weighted by Gasteiger charge is -2.39. The molecule has 1 amide bonds. The minimum atomic E-state index is 0.139. The normalized spacial score (nSPS) is 20.7. The Labute approximate surface area is 114 Å². The van der Waals surface area contributed by atoms with E-state index in [1.807, 2.05) is 43.3 Å². The van der Waals surface area contributed by atoms with Gasteiger partial charge in [-0.25, -0.2) is 0 Å². The first-order valence-corrected chi connectivity index (χ1v) is 6.45. The lowest BCUT2D eigenvalue weighted by atomic mass is 10.1. The summed E-state index contributed by atoms with van der Waals surface area (Å²) >= 11 is 0. The Morgan fingerprint density at radius 3 is 2.63 bits per heavy atom. The summed E-state index contributed by atoms with van der Waals surface area (Å²) in [6, 6.07) is 7.96. The maximum absolute atomic E-state index is 12.1. The first kappa shape index (κ1) is 13.8. The van der Waals surface area contributed by atoms with E-state index in [1.54, 1.807) is 7.11 Å². The van der Waals surface area contributed by atoms with Crippen LogP contribution in [-0.4, -0.2) is 57.7 Å². The number of piperazine rings is 1. The molecule has 104 valence electrons. The lowest BCUT2D eigenvalue weighted by molar-refractivity contribution is -0.121. The third-order valence-electron chi connectivity index (χ3n) is 3.53. The number of amides is 1. The zero-order valence-electron chi connectivity index (χ0n) is 11.7. The van der Waals surface area contributed by atoms with Crippen molar-refractivity contribution in [3.8, 4) is 5.75 Å². The molecule has 0 saturated carbocycles. The van der Waals surface area contributed by atoms with Crippen molar-refractivity contribution in [3.05, 3.63) is 24.3 Å². The first-order chi connectivity index (χ1) is 9.15. The van der Waals surface area contributed by atoms with Crippen LogP contribution in [0.5, 0.6) is 5.75 Å². The molecule has 1 N–H and O–H groups in total. The van der Waals surface area contributed by atoms with Gasteiger partial charge < -0.3 is 15.0 Å². The van der Waals surface area contributed by atoms with Crippen molar-refractivity contribution in [2.24, 2.45) is 0 Å². The second-order valence-electron chi connectivity index (χ2n) is 4.83. The molecule has 5 heteroatoms. The Bertz CT molecular complexity index is 433. The highest BCUT2D eigenvalue weighted by atomic mass is 16.5. The van der Waals surface area contributed by atoms with Crippen molar-refractivity contribution in [2.45, 2.75) is 6.04 Å². The Hall–Kier alpha value is -1.59. The van der Waals surface area contributed by atoms with Gasteiger partial charge in [-0.3, -0.25) is 9.69 Å². The van der Waals surface area contributed by atoms with Gasteiger partial charge in [-0.2, -0.15) is 0 Å². The SMILES string of the molecule is CNCC1CN(c2ccc(OC)cc2)C(=O)CN1C. The van der Waals surface area contributed by atoms with E-state index in [4.69, 9.17) is 4.74 Å². The molecule has 1 atom stereocenters. The highest BCUT2D eigenvalue weighted by molar-refractivity contribution is 5.95. The van der Waals surface area contributed by atoms with Crippen molar-refractivity contribution < 1.29 is 9.53 Å². The van der Waals surface area contributed by atoms with Crippen molar-refractivity contribution in [3.63, 3.8) is 0 Å². The first-order valence-electron chi connectivity index (χ1n) is 6.45.